The average molecular weight is 260 g/mol. The lowest BCUT2D eigenvalue weighted by atomic mass is 10.7. The van der Waals surface area contributed by atoms with Crippen molar-refractivity contribution in [1.29, 1.82) is 0 Å². The molecule has 2 aromatic rings. The van der Waals surface area contributed by atoms with Gasteiger partial charge in [0.1, 0.15) is 10.4 Å². The molecule has 16 heavy (non-hydrogen) atoms. The Morgan fingerprint density at radius 2 is 2.31 bits per heavy atom. The summed E-state index contributed by atoms with van der Waals surface area (Å²) in [6.45, 7) is 0. The lowest BCUT2D eigenvalue weighted by Gasteiger charge is -2.01. The predicted octanol–water partition coefficient (Wildman–Crippen LogP) is -0.345. The van der Waals surface area contributed by atoms with Gasteiger partial charge in [-0.15, -0.1) is 10.2 Å². The Labute approximate surface area is 95.2 Å². The topological polar surface area (TPSA) is 116 Å². The van der Waals surface area contributed by atoms with Gasteiger partial charge in [0.25, 0.3) is 10.0 Å². The Hall–Kier alpha value is -1.68. The van der Waals surface area contributed by atoms with Gasteiger partial charge in [-0.05, 0) is 0 Å². The van der Waals surface area contributed by atoms with Crippen LogP contribution in [0, 0.1) is 0 Å². The molecule has 8 nitrogen and oxygen atoms in total. The number of aromatic nitrogens is 4. The van der Waals surface area contributed by atoms with Crippen LogP contribution < -0.4 is 10.5 Å². The summed E-state index contributed by atoms with van der Waals surface area (Å²) in [5.41, 5.74) is 6.89. The van der Waals surface area contributed by atoms with Gasteiger partial charge < -0.3 is 5.73 Å². The highest BCUT2D eigenvalue weighted by Crippen LogP contribution is 2.20. The molecule has 0 unspecified atom stereocenters. The molecular formula is C6H8N6O2S2. The summed E-state index contributed by atoms with van der Waals surface area (Å²) in [5, 5.41) is 11.0. The Balaban J connectivity index is 2.36. The van der Waals surface area contributed by atoms with E-state index in [1.54, 1.807) is 7.05 Å². The standard InChI is InChI=1S/C6H8N6O2S2/c1-12-2-4(5(7)10-12)16(13,14)11-6-9-8-3-15-6/h2-3H,1H3,(H2,7,10)(H,9,11). The summed E-state index contributed by atoms with van der Waals surface area (Å²) in [4.78, 5) is -0.0785. The van der Waals surface area contributed by atoms with Gasteiger partial charge in [-0.3, -0.25) is 9.40 Å². The summed E-state index contributed by atoms with van der Waals surface area (Å²) < 4.78 is 27.2. The fourth-order valence-electron chi connectivity index (χ4n) is 1.08. The van der Waals surface area contributed by atoms with Crippen molar-refractivity contribution in [2.75, 3.05) is 10.5 Å². The molecule has 86 valence electrons. The van der Waals surface area contributed by atoms with Crippen molar-refractivity contribution in [2.45, 2.75) is 4.90 Å². The van der Waals surface area contributed by atoms with E-state index in [2.05, 4.69) is 20.0 Å². The van der Waals surface area contributed by atoms with Gasteiger partial charge in [0.05, 0.1) is 0 Å². The highest BCUT2D eigenvalue weighted by molar-refractivity contribution is 7.93. The normalized spacial score (nSPS) is 11.6. The lowest BCUT2D eigenvalue weighted by Crippen LogP contribution is -2.13. The number of nitrogen functional groups attached to an aromatic ring is 1. The predicted molar refractivity (Wildman–Crippen MR) is 58.3 cm³/mol. The summed E-state index contributed by atoms with van der Waals surface area (Å²) in [5.74, 6) is -0.0560. The zero-order chi connectivity index (χ0) is 11.8. The number of anilines is 2. The Bertz CT molecular complexity index is 587. The van der Waals surface area contributed by atoms with Crippen LogP contribution in [0.25, 0.3) is 0 Å². The molecule has 2 rings (SSSR count). The third-order valence-electron chi connectivity index (χ3n) is 1.69. The molecule has 0 saturated carbocycles. The molecule has 2 aromatic heterocycles. The molecule has 0 spiro atoms. The maximum Gasteiger partial charge on any atom is 0.268 e. The first-order valence-electron chi connectivity index (χ1n) is 4.07. The smallest absolute Gasteiger partial charge is 0.268 e. The van der Waals surface area contributed by atoms with E-state index >= 15 is 0 Å². The third-order valence-corrected chi connectivity index (χ3v) is 3.78. The number of aryl methyl sites for hydroxylation is 1. The molecule has 0 bridgehead atoms. The number of rotatable bonds is 3. The van der Waals surface area contributed by atoms with E-state index < -0.39 is 10.0 Å². The zero-order valence-corrected chi connectivity index (χ0v) is 9.79. The van der Waals surface area contributed by atoms with Crippen LogP contribution in [0.15, 0.2) is 16.6 Å². The lowest BCUT2D eigenvalue weighted by molar-refractivity contribution is 0.601. The van der Waals surface area contributed by atoms with Crippen molar-refractivity contribution in [1.82, 2.24) is 20.0 Å². The highest BCUT2D eigenvalue weighted by Gasteiger charge is 2.21. The van der Waals surface area contributed by atoms with Gasteiger partial charge in [-0.2, -0.15) is 5.10 Å². The third kappa shape index (κ3) is 1.97. The summed E-state index contributed by atoms with van der Waals surface area (Å²) >= 11 is 1.08. The van der Waals surface area contributed by atoms with Crippen LogP contribution >= 0.6 is 11.3 Å². The Kier molecular flexibility index (Phi) is 2.52. The van der Waals surface area contributed by atoms with Gasteiger partial charge >= 0.3 is 0 Å². The van der Waals surface area contributed by atoms with Crippen LogP contribution in [0.5, 0.6) is 0 Å². The molecule has 0 atom stereocenters. The molecule has 0 fully saturated rings. The SMILES string of the molecule is Cn1cc(S(=O)(=O)Nc2nncs2)c(N)n1. The number of sulfonamides is 1. The molecule has 0 aliphatic rings. The maximum atomic E-state index is 11.8. The number of nitrogens with two attached hydrogens (primary N) is 1. The number of nitrogens with zero attached hydrogens (tertiary/aromatic N) is 4. The van der Waals surface area contributed by atoms with Crippen LogP contribution in [-0.2, 0) is 17.1 Å². The molecule has 0 aliphatic heterocycles. The van der Waals surface area contributed by atoms with Crippen LogP contribution in [0.1, 0.15) is 0 Å². The molecule has 0 radical (unpaired) electrons. The van der Waals surface area contributed by atoms with Crippen LogP contribution in [0.2, 0.25) is 0 Å². The Morgan fingerprint density at radius 3 is 2.81 bits per heavy atom. The van der Waals surface area contributed by atoms with E-state index in [-0.39, 0.29) is 15.8 Å². The van der Waals surface area contributed by atoms with Gasteiger partial charge in [-0.1, -0.05) is 11.3 Å². The highest BCUT2D eigenvalue weighted by atomic mass is 32.2. The molecule has 0 aromatic carbocycles. The molecule has 0 saturated heterocycles. The number of hydrogen-bond donors (Lipinski definition) is 2. The van der Waals surface area contributed by atoms with Gasteiger partial charge in [-0.25, -0.2) is 8.42 Å². The van der Waals surface area contributed by atoms with Gasteiger partial charge in [0.2, 0.25) is 5.13 Å². The number of nitrogens with one attached hydrogen (secondary N) is 1. The van der Waals surface area contributed by atoms with Crippen molar-refractivity contribution in [3.63, 3.8) is 0 Å². The van der Waals surface area contributed by atoms with E-state index in [4.69, 9.17) is 5.73 Å². The quantitative estimate of drug-likeness (QED) is 0.779. The van der Waals surface area contributed by atoms with Crippen molar-refractivity contribution >= 4 is 32.3 Å². The van der Waals surface area contributed by atoms with E-state index in [0.29, 0.717) is 0 Å². The first kappa shape index (κ1) is 10.8. The summed E-state index contributed by atoms with van der Waals surface area (Å²) in [6.07, 6.45) is 1.32. The first-order chi connectivity index (χ1) is 7.49. The van der Waals surface area contributed by atoms with Crippen molar-refractivity contribution in [3.8, 4) is 0 Å². The van der Waals surface area contributed by atoms with E-state index in [1.807, 2.05) is 0 Å². The van der Waals surface area contributed by atoms with Gasteiger partial charge in [0, 0.05) is 13.2 Å². The molecule has 2 heterocycles. The second kappa shape index (κ2) is 3.72. The van der Waals surface area contributed by atoms with Crippen LogP contribution in [-0.4, -0.2) is 28.4 Å². The van der Waals surface area contributed by atoms with Crippen molar-refractivity contribution in [3.05, 3.63) is 11.7 Å². The van der Waals surface area contributed by atoms with E-state index in [1.165, 1.54) is 16.4 Å². The minimum absolute atomic E-state index is 0.0560. The van der Waals surface area contributed by atoms with Crippen LogP contribution in [0.4, 0.5) is 10.9 Å². The second-order valence-electron chi connectivity index (χ2n) is 2.90. The fraction of sp³-hybridized carbons (Fsp3) is 0.167. The van der Waals surface area contributed by atoms with E-state index in [9.17, 15) is 8.42 Å². The Morgan fingerprint density at radius 1 is 1.56 bits per heavy atom. The molecule has 0 aliphatic carbocycles. The van der Waals surface area contributed by atoms with Gasteiger partial charge in [0.15, 0.2) is 5.82 Å². The largest absolute Gasteiger partial charge is 0.381 e. The molecular weight excluding hydrogens is 252 g/mol. The number of hydrogen-bond acceptors (Lipinski definition) is 7. The first-order valence-corrected chi connectivity index (χ1v) is 6.43. The zero-order valence-electron chi connectivity index (χ0n) is 8.15. The minimum atomic E-state index is -3.74. The summed E-state index contributed by atoms with van der Waals surface area (Å²) in [6, 6.07) is 0. The molecule has 3 N–H and O–H groups in total. The average Bonchev–Trinajstić information content (AvgIpc) is 2.75. The summed E-state index contributed by atoms with van der Waals surface area (Å²) in [7, 11) is -2.16. The maximum absolute atomic E-state index is 11.8. The fourth-order valence-corrected chi connectivity index (χ4v) is 2.88. The molecule has 0 amide bonds. The van der Waals surface area contributed by atoms with Crippen molar-refractivity contribution < 1.29 is 8.42 Å². The van der Waals surface area contributed by atoms with Crippen molar-refractivity contribution in [2.24, 2.45) is 7.05 Å². The minimum Gasteiger partial charge on any atom is -0.381 e. The monoisotopic (exact) mass is 260 g/mol. The van der Waals surface area contributed by atoms with Crippen LogP contribution in [0.3, 0.4) is 0 Å². The second-order valence-corrected chi connectivity index (χ2v) is 5.39. The molecule has 10 heteroatoms. The van der Waals surface area contributed by atoms with E-state index in [0.717, 1.165) is 11.3 Å².